The Kier molecular flexibility index (Phi) is 3.47. The van der Waals surface area contributed by atoms with E-state index in [0.717, 1.165) is 12.0 Å². The van der Waals surface area contributed by atoms with Gasteiger partial charge < -0.3 is 4.74 Å². The molecule has 0 aliphatic heterocycles. The molecule has 0 N–H and O–H groups in total. The molecule has 0 saturated heterocycles. The lowest BCUT2D eigenvalue weighted by molar-refractivity contribution is 0.208. The monoisotopic (exact) mass is 190 g/mol. The van der Waals surface area contributed by atoms with E-state index < -0.39 is 0 Å². The first-order valence-electron chi connectivity index (χ1n) is 4.71. The third-order valence-corrected chi connectivity index (χ3v) is 2.12. The second kappa shape index (κ2) is 4.61. The molecule has 74 valence electrons. The van der Waals surface area contributed by atoms with Gasteiger partial charge in [0.15, 0.2) is 0 Å². The van der Waals surface area contributed by atoms with Gasteiger partial charge in [-0.25, -0.2) is 4.98 Å². The molecular weight excluding hydrogens is 176 g/mol. The van der Waals surface area contributed by atoms with Gasteiger partial charge in [-0.3, -0.25) is 0 Å². The van der Waals surface area contributed by atoms with Crippen molar-refractivity contribution < 1.29 is 4.74 Å². The summed E-state index contributed by atoms with van der Waals surface area (Å²) in [5, 5.41) is 8.91. The van der Waals surface area contributed by atoms with Crippen LogP contribution in [0.4, 0.5) is 0 Å². The summed E-state index contributed by atoms with van der Waals surface area (Å²) < 4.78 is 5.53. The summed E-state index contributed by atoms with van der Waals surface area (Å²) >= 11 is 0. The van der Waals surface area contributed by atoms with Gasteiger partial charge in [0, 0.05) is 6.20 Å². The summed E-state index contributed by atoms with van der Waals surface area (Å²) in [7, 11) is 0. The van der Waals surface area contributed by atoms with Gasteiger partial charge in [0.1, 0.15) is 11.6 Å². The summed E-state index contributed by atoms with van der Waals surface area (Å²) in [6.07, 6.45) is 2.66. The average molecular weight is 190 g/mol. The van der Waals surface area contributed by atoms with Crippen molar-refractivity contribution in [1.29, 1.82) is 5.26 Å². The first-order chi connectivity index (χ1) is 6.69. The van der Waals surface area contributed by atoms with Crippen LogP contribution in [0.25, 0.3) is 0 Å². The summed E-state index contributed by atoms with van der Waals surface area (Å²) in [6.45, 7) is 5.88. The van der Waals surface area contributed by atoms with Gasteiger partial charge in [-0.2, -0.15) is 5.26 Å². The van der Waals surface area contributed by atoms with Gasteiger partial charge in [-0.05, 0) is 31.9 Å². The first-order valence-corrected chi connectivity index (χ1v) is 4.71. The zero-order valence-electron chi connectivity index (χ0n) is 8.74. The molecule has 0 amide bonds. The van der Waals surface area contributed by atoms with E-state index in [1.54, 1.807) is 6.20 Å². The van der Waals surface area contributed by atoms with Crippen LogP contribution in [0.2, 0.25) is 0 Å². The van der Waals surface area contributed by atoms with Crippen LogP contribution in [-0.2, 0) is 0 Å². The van der Waals surface area contributed by atoms with Crippen LogP contribution in [0.3, 0.4) is 0 Å². The molecule has 0 aliphatic carbocycles. The topological polar surface area (TPSA) is 45.9 Å². The van der Waals surface area contributed by atoms with E-state index >= 15 is 0 Å². The molecule has 1 aromatic heterocycles. The Balaban J connectivity index is 2.98. The van der Waals surface area contributed by atoms with Crippen LogP contribution in [0.15, 0.2) is 12.3 Å². The van der Waals surface area contributed by atoms with Crippen LogP contribution in [0, 0.1) is 18.3 Å². The molecule has 1 atom stereocenters. The van der Waals surface area contributed by atoms with Gasteiger partial charge in [-0.1, -0.05) is 6.92 Å². The average Bonchev–Trinajstić information content (AvgIpc) is 2.18. The smallest absolute Gasteiger partial charge is 0.232 e. The number of ether oxygens (including phenoxy) is 1. The molecule has 0 bridgehead atoms. The Labute approximate surface area is 84.3 Å². The van der Waals surface area contributed by atoms with E-state index in [0.29, 0.717) is 11.4 Å². The highest BCUT2D eigenvalue weighted by Gasteiger charge is 2.09. The molecule has 14 heavy (non-hydrogen) atoms. The molecular formula is C11H14N2O. The van der Waals surface area contributed by atoms with E-state index in [1.807, 2.05) is 26.8 Å². The molecule has 0 aromatic carbocycles. The maximum absolute atomic E-state index is 8.91. The molecule has 1 rings (SSSR count). The van der Waals surface area contributed by atoms with Crippen molar-refractivity contribution in [1.82, 2.24) is 4.98 Å². The van der Waals surface area contributed by atoms with Gasteiger partial charge >= 0.3 is 0 Å². The maximum Gasteiger partial charge on any atom is 0.232 e. The predicted octanol–water partition coefficient (Wildman–Crippen LogP) is 2.44. The molecule has 3 heteroatoms. The number of aromatic nitrogens is 1. The van der Waals surface area contributed by atoms with E-state index in [1.165, 1.54) is 0 Å². The van der Waals surface area contributed by atoms with Crippen molar-refractivity contribution in [2.75, 3.05) is 0 Å². The van der Waals surface area contributed by atoms with Crippen LogP contribution in [0.1, 0.15) is 31.4 Å². The van der Waals surface area contributed by atoms with Crippen molar-refractivity contribution in [3.8, 4) is 11.9 Å². The normalized spacial score (nSPS) is 11.9. The fraction of sp³-hybridized carbons (Fsp3) is 0.455. The summed E-state index contributed by atoms with van der Waals surface area (Å²) in [5.41, 5.74) is 1.44. The molecule has 0 saturated carbocycles. The highest BCUT2D eigenvalue weighted by atomic mass is 16.5. The van der Waals surface area contributed by atoms with Gasteiger partial charge in [0.2, 0.25) is 5.88 Å². The zero-order chi connectivity index (χ0) is 10.6. The molecule has 0 radical (unpaired) electrons. The van der Waals surface area contributed by atoms with Crippen LogP contribution < -0.4 is 4.74 Å². The van der Waals surface area contributed by atoms with E-state index in [4.69, 9.17) is 10.00 Å². The Morgan fingerprint density at radius 3 is 2.93 bits per heavy atom. The minimum Gasteiger partial charge on any atom is -0.474 e. The van der Waals surface area contributed by atoms with Crippen molar-refractivity contribution in [2.24, 2.45) is 0 Å². The quantitative estimate of drug-likeness (QED) is 0.735. The second-order valence-corrected chi connectivity index (χ2v) is 3.26. The first kappa shape index (κ1) is 10.5. The number of rotatable bonds is 3. The fourth-order valence-corrected chi connectivity index (χ4v) is 1.03. The zero-order valence-corrected chi connectivity index (χ0v) is 8.74. The number of nitrogens with zero attached hydrogens (tertiary/aromatic N) is 2. The van der Waals surface area contributed by atoms with E-state index in [9.17, 15) is 0 Å². The number of hydrogen-bond acceptors (Lipinski definition) is 3. The third-order valence-electron chi connectivity index (χ3n) is 2.12. The summed E-state index contributed by atoms with van der Waals surface area (Å²) in [6, 6.07) is 3.91. The molecule has 3 nitrogen and oxygen atoms in total. The molecule has 1 heterocycles. The lowest BCUT2D eigenvalue weighted by Gasteiger charge is -2.12. The molecule has 1 unspecified atom stereocenters. The predicted molar refractivity (Wildman–Crippen MR) is 54.1 cm³/mol. The Bertz CT molecular complexity index is 355. The largest absolute Gasteiger partial charge is 0.474 e. The number of nitriles is 1. The molecule has 0 spiro atoms. The Hall–Kier alpha value is -1.56. The fourth-order valence-electron chi connectivity index (χ4n) is 1.03. The minimum absolute atomic E-state index is 0.0939. The van der Waals surface area contributed by atoms with Crippen molar-refractivity contribution >= 4 is 0 Å². The van der Waals surface area contributed by atoms with Gasteiger partial charge in [0.25, 0.3) is 0 Å². The van der Waals surface area contributed by atoms with Crippen LogP contribution in [0.5, 0.6) is 5.88 Å². The lowest BCUT2D eigenvalue weighted by atomic mass is 10.2. The van der Waals surface area contributed by atoms with Crippen molar-refractivity contribution in [2.45, 2.75) is 33.3 Å². The number of hydrogen-bond donors (Lipinski definition) is 0. The number of pyridine rings is 1. The van der Waals surface area contributed by atoms with Crippen LogP contribution in [-0.4, -0.2) is 11.1 Å². The molecule has 1 aromatic rings. The second-order valence-electron chi connectivity index (χ2n) is 3.26. The molecule has 0 aliphatic rings. The standard InChI is InChI=1S/C11H14N2O/c1-4-9(3)14-11-10(7-12)8(2)5-6-13-11/h5-6,9H,4H2,1-3H3. The van der Waals surface area contributed by atoms with Crippen molar-refractivity contribution in [3.63, 3.8) is 0 Å². The summed E-state index contributed by atoms with van der Waals surface area (Å²) in [4.78, 5) is 4.05. The molecule has 0 fully saturated rings. The highest BCUT2D eigenvalue weighted by Crippen LogP contribution is 2.19. The SMILES string of the molecule is CCC(C)Oc1nccc(C)c1C#N. The Morgan fingerprint density at radius 2 is 2.36 bits per heavy atom. The number of aryl methyl sites for hydroxylation is 1. The lowest BCUT2D eigenvalue weighted by Crippen LogP contribution is -2.12. The van der Waals surface area contributed by atoms with Gasteiger partial charge in [-0.15, -0.1) is 0 Å². The third kappa shape index (κ3) is 2.23. The highest BCUT2D eigenvalue weighted by molar-refractivity contribution is 5.43. The van der Waals surface area contributed by atoms with Crippen LogP contribution >= 0.6 is 0 Å². The van der Waals surface area contributed by atoms with Crippen molar-refractivity contribution in [3.05, 3.63) is 23.4 Å². The van der Waals surface area contributed by atoms with E-state index in [2.05, 4.69) is 11.1 Å². The van der Waals surface area contributed by atoms with Gasteiger partial charge in [0.05, 0.1) is 6.10 Å². The summed E-state index contributed by atoms with van der Waals surface area (Å²) in [5.74, 6) is 0.446. The van der Waals surface area contributed by atoms with E-state index in [-0.39, 0.29) is 6.10 Å². The minimum atomic E-state index is 0.0939. The Morgan fingerprint density at radius 1 is 1.64 bits per heavy atom. The maximum atomic E-state index is 8.91.